The molecule has 1 rings (SSSR count). The van der Waals surface area contributed by atoms with Crippen LogP contribution in [-0.4, -0.2) is 4.98 Å². The highest BCUT2D eigenvalue weighted by Crippen LogP contribution is 2.05. The van der Waals surface area contributed by atoms with E-state index < -0.39 is 0 Å². The van der Waals surface area contributed by atoms with Crippen LogP contribution in [0.2, 0.25) is 0 Å². The molecule has 0 atom stereocenters. The van der Waals surface area contributed by atoms with Gasteiger partial charge in [0.05, 0.1) is 6.20 Å². The van der Waals surface area contributed by atoms with Crippen molar-refractivity contribution in [2.75, 3.05) is 0 Å². The Kier molecular flexibility index (Phi) is 4.44. The molecule has 13 heavy (non-hydrogen) atoms. The smallest absolute Gasteiger partial charge is 0.141 e. The summed E-state index contributed by atoms with van der Waals surface area (Å²) in [5, 5.41) is 0. The number of hydrogen-bond donors (Lipinski definition) is 0. The summed E-state index contributed by atoms with van der Waals surface area (Å²) in [6, 6.07) is 3.24. The average Bonchev–Trinajstić information content (AvgIpc) is 2.15. The average molecular weight is 181 g/mol. The second-order valence-corrected chi connectivity index (χ2v) is 3.28. The lowest BCUT2D eigenvalue weighted by Crippen LogP contribution is -1.90. The molecule has 0 N–H and O–H groups in total. The number of hydrogen-bond acceptors (Lipinski definition) is 1. The predicted octanol–water partition coefficient (Wildman–Crippen LogP) is 3.34. The Morgan fingerprint density at radius 3 is 2.69 bits per heavy atom. The van der Waals surface area contributed by atoms with E-state index in [2.05, 4.69) is 11.9 Å². The van der Waals surface area contributed by atoms with E-state index in [1.165, 1.54) is 31.5 Å². The van der Waals surface area contributed by atoms with Crippen LogP contribution in [0.5, 0.6) is 0 Å². The molecule has 0 saturated heterocycles. The first-order chi connectivity index (χ1) is 6.33. The van der Waals surface area contributed by atoms with Crippen LogP contribution >= 0.6 is 0 Å². The molecule has 1 heterocycles. The summed E-state index contributed by atoms with van der Waals surface area (Å²) in [5.74, 6) is -0.252. The second-order valence-electron chi connectivity index (χ2n) is 3.28. The molecule has 72 valence electrons. The van der Waals surface area contributed by atoms with E-state index >= 15 is 0 Å². The fraction of sp³-hybridized carbons (Fsp3) is 0.545. The van der Waals surface area contributed by atoms with E-state index in [0.29, 0.717) is 0 Å². The monoisotopic (exact) mass is 181 g/mol. The Balaban J connectivity index is 2.25. The maximum atomic E-state index is 12.5. The molecular formula is C11H16FN. The Morgan fingerprint density at radius 2 is 2.08 bits per heavy atom. The lowest BCUT2D eigenvalue weighted by Gasteiger charge is -1.99. The van der Waals surface area contributed by atoms with E-state index in [9.17, 15) is 4.39 Å². The third kappa shape index (κ3) is 4.02. The number of pyridine rings is 1. The third-order valence-electron chi connectivity index (χ3n) is 2.08. The van der Waals surface area contributed by atoms with E-state index in [1.807, 2.05) is 0 Å². The van der Waals surface area contributed by atoms with E-state index in [4.69, 9.17) is 0 Å². The van der Waals surface area contributed by atoms with Crippen molar-refractivity contribution in [3.8, 4) is 0 Å². The van der Waals surface area contributed by atoms with Gasteiger partial charge in [0.25, 0.3) is 0 Å². The van der Waals surface area contributed by atoms with Gasteiger partial charge in [-0.2, -0.15) is 0 Å². The van der Waals surface area contributed by atoms with Crippen molar-refractivity contribution in [3.05, 3.63) is 29.8 Å². The molecule has 0 aliphatic carbocycles. The van der Waals surface area contributed by atoms with Gasteiger partial charge in [0.15, 0.2) is 0 Å². The Bertz CT molecular complexity index is 230. The van der Waals surface area contributed by atoms with E-state index in [0.717, 1.165) is 18.5 Å². The topological polar surface area (TPSA) is 12.9 Å². The van der Waals surface area contributed by atoms with Gasteiger partial charge in [-0.1, -0.05) is 26.2 Å². The zero-order valence-corrected chi connectivity index (χ0v) is 8.09. The Labute approximate surface area is 79.0 Å². The number of nitrogens with zero attached hydrogens (tertiary/aromatic N) is 1. The number of rotatable bonds is 5. The van der Waals surface area contributed by atoms with Crippen LogP contribution in [0.25, 0.3) is 0 Å². The van der Waals surface area contributed by atoms with Gasteiger partial charge in [0, 0.05) is 5.69 Å². The van der Waals surface area contributed by atoms with Gasteiger partial charge >= 0.3 is 0 Å². The van der Waals surface area contributed by atoms with Crippen LogP contribution in [0.1, 0.15) is 38.3 Å². The van der Waals surface area contributed by atoms with Crippen LogP contribution in [0.15, 0.2) is 18.3 Å². The minimum atomic E-state index is -0.252. The summed E-state index contributed by atoms with van der Waals surface area (Å²) in [7, 11) is 0. The number of halogens is 1. The molecule has 2 heteroatoms. The summed E-state index contributed by atoms with van der Waals surface area (Å²) in [4.78, 5) is 4.00. The fourth-order valence-corrected chi connectivity index (χ4v) is 1.29. The van der Waals surface area contributed by atoms with Gasteiger partial charge in [-0.05, 0) is 25.0 Å². The highest BCUT2D eigenvalue weighted by atomic mass is 19.1. The number of aromatic nitrogens is 1. The quantitative estimate of drug-likeness (QED) is 0.635. The van der Waals surface area contributed by atoms with Crippen molar-refractivity contribution in [2.24, 2.45) is 0 Å². The second kappa shape index (κ2) is 5.68. The van der Waals surface area contributed by atoms with Gasteiger partial charge in [0.1, 0.15) is 5.82 Å². The fourth-order valence-electron chi connectivity index (χ4n) is 1.29. The van der Waals surface area contributed by atoms with Crippen molar-refractivity contribution >= 4 is 0 Å². The van der Waals surface area contributed by atoms with Crippen molar-refractivity contribution in [1.29, 1.82) is 0 Å². The minimum absolute atomic E-state index is 0.252. The van der Waals surface area contributed by atoms with Crippen LogP contribution in [0, 0.1) is 5.82 Å². The molecule has 0 aliphatic heterocycles. The van der Waals surface area contributed by atoms with Gasteiger partial charge in [-0.3, -0.25) is 4.98 Å². The first-order valence-corrected chi connectivity index (χ1v) is 4.93. The van der Waals surface area contributed by atoms with Crippen LogP contribution < -0.4 is 0 Å². The van der Waals surface area contributed by atoms with Crippen LogP contribution in [0.3, 0.4) is 0 Å². The maximum absolute atomic E-state index is 12.5. The normalized spacial score (nSPS) is 10.3. The summed E-state index contributed by atoms with van der Waals surface area (Å²) >= 11 is 0. The SMILES string of the molecule is CCCCCCc1ccc(F)cn1. The largest absolute Gasteiger partial charge is 0.258 e. The molecule has 1 aromatic rings. The highest BCUT2D eigenvalue weighted by molar-refractivity contribution is 5.05. The molecule has 0 saturated carbocycles. The predicted molar refractivity (Wildman–Crippen MR) is 52.0 cm³/mol. The number of unbranched alkanes of at least 4 members (excludes halogenated alkanes) is 3. The first-order valence-electron chi connectivity index (χ1n) is 4.93. The standard InChI is InChI=1S/C11H16FN/c1-2-3-4-5-6-11-8-7-10(12)9-13-11/h7-9H,2-6H2,1H3. The lowest BCUT2D eigenvalue weighted by molar-refractivity contribution is 0.615. The van der Waals surface area contributed by atoms with Gasteiger partial charge in [-0.25, -0.2) is 4.39 Å². The molecule has 0 amide bonds. The van der Waals surface area contributed by atoms with Gasteiger partial charge in [-0.15, -0.1) is 0 Å². The van der Waals surface area contributed by atoms with E-state index in [1.54, 1.807) is 6.07 Å². The minimum Gasteiger partial charge on any atom is -0.258 e. The molecule has 0 fully saturated rings. The van der Waals surface area contributed by atoms with Gasteiger partial charge < -0.3 is 0 Å². The summed E-state index contributed by atoms with van der Waals surface area (Å²) in [6.07, 6.45) is 7.19. The molecule has 1 aromatic heterocycles. The lowest BCUT2D eigenvalue weighted by atomic mass is 10.1. The molecule has 0 aromatic carbocycles. The van der Waals surface area contributed by atoms with Crippen LogP contribution in [-0.2, 0) is 6.42 Å². The Hall–Kier alpha value is -0.920. The van der Waals surface area contributed by atoms with Crippen molar-refractivity contribution in [1.82, 2.24) is 4.98 Å². The summed E-state index contributed by atoms with van der Waals surface area (Å²) in [6.45, 7) is 2.19. The molecular weight excluding hydrogens is 165 g/mol. The Morgan fingerprint density at radius 1 is 1.23 bits per heavy atom. The molecule has 0 radical (unpaired) electrons. The molecule has 0 bridgehead atoms. The first kappa shape index (κ1) is 10.2. The van der Waals surface area contributed by atoms with Crippen molar-refractivity contribution < 1.29 is 4.39 Å². The van der Waals surface area contributed by atoms with Crippen molar-refractivity contribution in [2.45, 2.75) is 39.0 Å². The molecule has 1 nitrogen and oxygen atoms in total. The maximum Gasteiger partial charge on any atom is 0.141 e. The molecule has 0 spiro atoms. The van der Waals surface area contributed by atoms with Gasteiger partial charge in [0.2, 0.25) is 0 Å². The van der Waals surface area contributed by atoms with Crippen LogP contribution in [0.4, 0.5) is 4.39 Å². The zero-order valence-electron chi connectivity index (χ0n) is 8.09. The van der Waals surface area contributed by atoms with E-state index in [-0.39, 0.29) is 5.82 Å². The third-order valence-corrected chi connectivity index (χ3v) is 2.08. The summed E-state index contributed by atoms with van der Waals surface area (Å²) in [5.41, 5.74) is 0.998. The zero-order chi connectivity index (χ0) is 9.52. The van der Waals surface area contributed by atoms with Crippen molar-refractivity contribution in [3.63, 3.8) is 0 Å². The molecule has 0 unspecified atom stereocenters. The molecule has 0 aliphatic rings. The number of aryl methyl sites for hydroxylation is 1. The highest BCUT2D eigenvalue weighted by Gasteiger charge is 1.95. The summed E-state index contributed by atoms with van der Waals surface area (Å²) < 4.78 is 12.5.